The van der Waals surface area contributed by atoms with Crippen LogP contribution in [-0.4, -0.2) is 15.0 Å². The molecule has 0 aliphatic carbocycles. The summed E-state index contributed by atoms with van der Waals surface area (Å²) in [5.74, 6) is 0.505. The minimum absolute atomic E-state index is 0.0596. The van der Waals surface area contributed by atoms with E-state index < -0.39 is 0 Å². The van der Waals surface area contributed by atoms with Crippen LogP contribution in [0.15, 0.2) is 46.2 Å². The van der Waals surface area contributed by atoms with Crippen LogP contribution in [0, 0.1) is 22.7 Å². The predicted octanol–water partition coefficient (Wildman–Crippen LogP) is 6.67. The van der Waals surface area contributed by atoms with Crippen molar-refractivity contribution in [3.63, 3.8) is 0 Å². The van der Waals surface area contributed by atoms with Crippen LogP contribution >= 0.6 is 57.6 Å². The SMILES string of the molecule is N#Cc1c(Cl)nc(SCc2csc(-c3ccc(Cl)cc3)n2)c(C#N)c1-c1nccs1. The Kier molecular flexibility index (Phi) is 6.33. The first-order chi connectivity index (χ1) is 14.6. The van der Waals surface area contributed by atoms with Gasteiger partial charge in [-0.15, -0.1) is 22.7 Å². The minimum atomic E-state index is 0.0596. The number of aromatic nitrogens is 3. The molecule has 146 valence electrons. The normalized spacial score (nSPS) is 10.5. The molecule has 0 bridgehead atoms. The molecule has 4 rings (SSSR count). The molecule has 0 saturated heterocycles. The van der Waals surface area contributed by atoms with Crippen molar-refractivity contribution >= 4 is 57.6 Å². The van der Waals surface area contributed by atoms with Gasteiger partial charge in [0.15, 0.2) is 0 Å². The van der Waals surface area contributed by atoms with Crippen LogP contribution in [-0.2, 0) is 5.75 Å². The number of hydrogen-bond acceptors (Lipinski definition) is 8. The van der Waals surface area contributed by atoms with Crippen LogP contribution in [0.2, 0.25) is 10.2 Å². The van der Waals surface area contributed by atoms with E-state index in [1.807, 2.05) is 35.7 Å². The van der Waals surface area contributed by atoms with Gasteiger partial charge in [0.25, 0.3) is 0 Å². The Bertz CT molecular complexity index is 1290. The summed E-state index contributed by atoms with van der Waals surface area (Å²) in [6.07, 6.45) is 1.62. The number of nitriles is 2. The van der Waals surface area contributed by atoms with E-state index in [0.29, 0.717) is 31.9 Å². The van der Waals surface area contributed by atoms with Gasteiger partial charge >= 0.3 is 0 Å². The van der Waals surface area contributed by atoms with Gasteiger partial charge in [0, 0.05) is 33.3 Å². The van der Waals surface area contributed by atoms with Crippen molar-refractivity contribution < 1.29 is 0 Å². The van der Waals surface area contributed by atoms with Gasteiger partial charge in [-0.25, -0.2) is 15.0 Å². The number of thioether (sulfide) groups is 1. The van der Waals surface area contributed by atoms with Crippen LogP contribution in [0.1, 0.15) is 16.8 Å². The highest BCUT2D eigenvalue weighted by Crippen LogP contribution is 2.38. The summed E-state index contributed by atoms with van der Waals surface area (Å²) in [6, 6.07) is 11.7. The zero-order chi connectivity index (χ0) is 21.1. The topological polar surface area (TPSA) is 86.2 Å². The Morgan fingerprint density at radius 1 is 0.967 bits per heavy atom. The third kappa shape index (κ3) is 4.20. The van der Waals surface area contributed by atoms with Gasteiger partial charge in [-0.05, 0) is 12.1 Å². The number of rotatable bonds is 5. The molecule has 0 amide bonds. The molecule has 0 spiro atoms. The minimum Gasteiger partial charge on any atom is -0.244 e. The highest BCUT2D eigenvalue weighted by molar-refractivity contribution is 7.98. The van der Waals surface area contributed by atoms with Crippen LogP contribution < -0.4 is 0 Å². The van der Waals surface area contributed by atoms with Crippen molar-refractivity contribution in [3.05, 3.63) is 68.2 Å². The third-order valence-electron chi connectivity index (χ3n) is 3.99. The number of halogens is 2. The molecular formula is C20H9Cl2N5S3. The molecule has 0 aliphatic heterocycles. The maximum Gasteiger partial charge on any atom is 0.148 e. The highest BCUT2D eigenvalue weighted by Gasteiger charge is 2.22. The standard InChI is InChI=1S/C20H9Cl2N5S3/c21-12-3-1-11(2-4-12)18-26-13(9-29-18)10-30-19-15(8-24)16(20-25-5-6-28-20)14(7-23)17(22)27-19/h1-6,9H,10H2. The van der Waals surface area contributed by atoms with Gasteiger partial charge in [0.2, 0.25) is 0 Å². The molecule has 3 aromatic heterocycles. The lowest BCUT2D eigenvalue weighted by molar-refractivity contribution is 1.10. The second kappa shape index (κ2) is 9.13. The van der Waals surface area contributed by atoms with Crippen molar-refractivity contribution in [3.8, 4) is 33.3 Å². The molecule has 5 nitrogen and oxygen atoms in total. The Morgan fingerprint density at radius 3 is 2.40 bits per heavy atom. The van der Waals surface area contributed by atoms with Crippen LogP contribution in [0.4, 0.5) is 0 Å². The van der Waals surface area contributed by atoms with E-state index in [0.717, 1.165) is 16.3 Å². The fraction of sp³-hybridized carbons (Fsp3) is 0.0500. The van der Waals surface area contributed by atoms with E-state index in [1.165, 1.54) is 34.4 Å². The lowest BCUT2D eigenvalue weighted by Gasteiger charge is -2.09. The summed E-state index contributed by atoms with van der Waals surface area (Å²) in [5, 5.41) is 25.7. The molecule has 0 fully saturated rings. The first kappa shape index (κ1) is 20.8. The molecule has 3 heterocycles. The lowest BCUT2D eigenvalue weighted by Crippen LogP contribution is -1.98. The quantitative estimate of drug-likeness (QED) is 0.231. The summed E-state index contributed by atoms with van der Waals surface area (Å²) < 4.78 is 0. The van der Waals surface area contributed by atoms with E-state index in [2.05, 4.69) is 21.0 Å². The van der Waals surface area contributed by atoms with Crippen LogP contribution in [0.5, 0.6) is 0 Å². The molecule has 0 N–H and O–H groups in total. The van der Waals surface area contributed by atoms with Gasteiger partial charge in [-0.2, -0.15) is 10.5 Å². The average Bonchev–Trinajstić information content (AvgIpc) is 3.44. The summed E-state index contributed by atoms with van der Waals surface area (Å²) in [7, 11) is 0. The Balaban J connectivity index is 1.64. The van der Waals surface area contributed by atoms with Crippen molar-refractivity contribution in [2.75, 3.05) is 0 Å². The van der Waals surface area contributed by atoms with Crippen LogP contribution in [0.3, 0.4) is 0 Å². The maximum atomic E-state index is 9.78. The smallest absolute Gasteiger partial charge is 0.148 e. The third-order valence-corrected chi connectivity index (χ3v) is 7.25. The molecule has 0 atom stereocenters. The molecule has 0 saturated carbocycles. The molecule has 30 heavy (non-hydrogen) atoms. The molecule has 0 aliphatic rings. The molecule has 0 radical (unpaired) electrons. The Hall–Kier alpha value is -2.46. The highest BCUT2D eigenvalue weighted by atomic mass is 35.5. The van der Waals surface area contributed by atoms with Gasteiger partial charge in [-0.1, -0.05) is 47.1 Å². The second-order valence-corrected chi connectivity index (χ2v) is 9.34. The van der Waals surface area contributed by atoms with Crippen molar-refractivity contribution in [2.24, 2.45) is 0 Å². The number of hydrogen-bond donors (Lipinski definition) is 0. The largest absolute Gasteiger partial charge is 0.244 e. The zero-order valence-electron chi connectivity index (χ0n) is 15.0. The van der Waals surface area contributed by atoms with E-state index >= 15 is 0 Å². The van der Waals surface area contributed by atoms with Gasteiger partial charge in [0.05, 0.1) is 16.8 Å². The fourth-order valence-corrected chi connectivity index (χ4v) is 5.55. The fourth-order valence-electron chi connectivity index (χ4n) is 2.65. The number of nitrogens with zero attached hydrogens (tertiary/aromatic N) is 5. The first-order valence-corrected chi connectivity index (χ1v) is 11.9. The predicted molar refractivity (Wildman–Crippen MR) is 122 cm³/mol. The average molecular weight is 486 g/mol. The Morgan fingerprint density at radius 2 is 1.73 bits per heavy atom. The van der Waals surface area contributed by atoms with E-state index in [1.54, 1.807) is 11.6 Å². The second-order valence-electron chi connectivity index (χ2n) is 5.83. The number of thiazole rings is 2. The molecule has 10 heteroatoms. The van der Waals surface area contributed by atoms with Gasteiger partial charge in [-0.3, -0.25) is 0 Å². The van der Waals surface area contributed by atoms with E-state index in [4.69, 9.17) is 23.2 Å². The molecule has 0 unspecified atom stereocenters. The molecule has 4 aromatic rings. The van der Waals surface area contributed by atoms with E-state index in [9.17, 15) is 10.5 Å². The van der Waals surface area contributed by atoms with Crippen molar-refractivity contribution in [2.45, 2.75) is 10.8 Å². The molecular weight excluding hydrogens is 477 g/mol. The zero-order valence-corrected chi connectivity index (χ0v) is 18.9. The number of pyridine rings is 1. The first-order valence-electron chi connectivity index (χ1n) is 8.37. The summed E-state index contributed by atoms with van der Waals surface area (Å²) in [5.41, 5.74) is 2.73. The molecule has 1 aromatic carbocycles. The Labute approximate surface area is 194 Å². The van der Waals surface area contributed by atoms with Gasteiger partial charge in [0.1, 0.15) is 37.9 Å². The summed E-state index contributed by atoms with van der Waals surface area (Å²) >= 11 is 16.4. The lowest BCUT2D eigenvalue weighted by atomic mass is 10.1. The van der Waals surface area contributed by atoms with Crippen molar-refractivity contribution in [1.29, 1.82) is 10.5 Å². The monoisotopic (exact) mass is 485 g/mol. The maximum absolute atomic E-state index is 9.78. The summed E-state index contributed by atoms with van der Waals surface area (Å²) in [6.45, 7) is 0. The summed E-state index contributed by atoms with van der Waals surface area (Å²) in [4.78, 5) is 13.2. The van der Waals surface area contributed by atoms with E-state index in [-0.39, 0.29) is 10.7 Å². The van der Waals surface area contributed by atoms with Crippen molar-refractivity contribution in [1.82, 2.24) is 15.0 Å². The van der Waals surface area contributed by atoms with Crippen LogP contribution in [0.25, 0.3) is 21.1 Å². The van der Waals surface area contributed by atoms with Gasteiger partial charge < -0.3 is 0 Å². The number of benzene rings is 1.